The Bertz CT molecular complexity index is 1120. The molecule has 31 heavy (non-hydrogen) atoms. The van der Waals surface area contributed by atoms with E-state index in [0.29, 0.717) is 23.7 Å². The maximum Gasteiger partial charge on any atom is 0.244 e. The van der Waals surface area contributed by atoms with Crippen LogP contribution in [0.15, 0.2) is 76.3 Å². The van der Waals surface area contributed by atoms with Gasteiger partial charge >= 0.3 is 0 Å². The van der Waals surface area contributed by atoms with Crippen LogP contribution >= 0.6 is 15.9 Å². The molecule has 1 amide bonds. The zero-order valence-electron chi connectivity index (χ0n) is 16.8. The van der Waals surface area contributed by atoms with Crippen molar-refractivity contribution in [3.63, 3.8) is 0 Å². The number of nitriles is 1. The number of carbonyl (C=O) groups excluding carboxylic acids is 1. The Morgan fingerprint density at radius 2 is 1.90 bits per heavy atom. The van der Waals surface area contributed by atoms with Gasteiger partial charge < -0.3 is 9.47 Å². The summed E-state index contributed by atoms with van der Waals surface area (Å²) in [6.45, 7) is 0.311. The third-order valence-electron chi connectivity index (χ3n) is 4.32. The number of carbonyl (C=O) groups is 1. The smallest absolute Gasteiger partial charge is 0.244 e. The van der Waals surface area contributed by atoms with Gasteiger partial charge in [0.05, 0.1) is 31.4 Å². The molecule has 0 aliphatic rings. The average molecular weight is 478 g/mol. The summed E-state index contributed by atoms with van der Waals surface area (Å²) in [4.78, 5) is 12.0. The summed E-state index contributed by atoms with van der Waals surface area (Å²) in [6.07, 6.45) is 1.79. The molecule has 0 fully saturated rings. The van der Waals surface area contributed by atoms with E-state index in [1.54, 1.807) is 37.6 Å². The predicted molar refractivity (Wildman–Crippen MR) is 122 cm³/mol. The van der Waals surface area contributed by atoms with Crippen LogP contribution < -0.4 is 14.9 Å². The number of rotatable bonds is 8. The standard InChI is InChI=1S/C24H20BrN3O3/c1-30-23-12-19(15-27-28-24(29)13-17-5-8-21(25)9-6-17)7-10-22(23)31-16-20-4-2-3-18(11-20)14-26/h2-12,15H,13,16H2,1H3,(H,28,29)/b27-15-. The number of amides is 1. The third kappa shape index (κ3) is 6.69. The quantitative estimate of drug-likeness (QED) is 0.379. The number of nitrogens with one attached hydrogen (secondary N) is 1. The number of methoxy groups -OCH3 is 1. The molecule has 0 atom stereocenters. The highest BCUT2D eigenvalue weighted by atomic mass is 79.9. The first-order valence-electron chi connectivity index (χ1n) is 9.43. The predicted octanol–water partition coefficient (Wildman–Crippen LogP) is 4.60. The van der Waals surface area contributed by atoms with E-state index in [1.165, 1.54) is 0 Å². The molecule has 3 aromatic rings. The van der Waals surface area contributed by atoms with Crippen molar-refractivity contribution >= 4 is 28.1 Å². The molecule has 0 saturated carbocycles. The molecule has 0 saturated heterocycles. The van der Waals surface area contributed by atoms with Gasteiger partial charge in [-0.05, 0) is 59.2 Å². The Morgan fingerprint density at radius 1 is 1.10 bits per heavy atom. The van der Waals surface area contributed by atoms with Gasteiger partial charge in [0.1, 0.15) is 6.61 Å². The van der Waals surface area contributed by atoms with Gasteiger partial charge in [0.2, 0.25) is 5.91 Å². The molecule has 0 unspecified atom stereocenters. The summed E-state index contributed by atoms with van der Waals surface area (Å²) in [5.74, 6) is 0.910. The topological polar surface area (TPSA) is 83.7 Å². The molecule has 0 spiro atoms. The normalized spacial score (nSPS) is 10.5. The number of ether oxygens (including phenoxy) is 2. The first kappa shape index (κ1) is 22.1. The van der Waals surface area contributed by atoms with Crippen LogP contribution in [-0.4, -0.2) is 19.2 Å². The second-order valence-corrected chi connectivity index (χ2v) is 7.52. The van der Waals surface area contributed by atoms with Crippen molar-refractivity contribution in [2.24, 2.45) is 5.10 Å². The minimum Gasteiger partial charge on any atom is -0.493 e. The zero-order valence-corrected chi connectivity index (χ0v) is 18.4. The molecular formula is C24H20BrN3O3. The second-order valence-electron chi connectivity index (χ2n) is 6.61. The highest BCUT2D eigenvalue weighted by molar-refractivity contribution is 9.10. The van der Waals surface area contributed by atoms with E-state index in [4.69, 9.17) is 14.7 Å². The van der Waals surface area contributed by atoms with E-state index in [1.807, 2.05) is 42.5 Å². The molecule has 0 heterocycles. The van der Waals surface area contributed by atoms with Crippen LogP contribution in [-0.2, 0) is 17.8 Å². The van der Waals surface area contributed by atoms with Crippen LogP contribution in [0.25, 0.3) is 0 Å². The van der Waals surface area contributed by atoms with Crippen molar-refractivity contribution in [1.29, 1.82) is 5.26 Å². The summed E-state index contributed by atoms with van der Waals surface area (Å²) in [6, 6.07) is 22.3. The van der Waals surface area contributed by atoms with Crippen molar-refractivity contribution in [2.45, 2.75) is 13.0 Å². The SMILES string of the molecule is COc1cc(/C=N\NC(=O)Cc2ccc(Br)cc2)ccc1OCc1cccc(C#N)c1. The van der Waals surface area contributed by atoms with Crippen molar-refractivity contribution in [3.05, 3.63) is 93.5 Å². The highest BCUT2D eigenvalue weighted by Crippen LogP contribution is 2.28. The summed E-state index contributed by atoms with van der Waals surface area (Å²) in [5.41, 5.74) is 5.65. The molecule has 156 valence electrons. The van der Waals surface area contributed by atoms with Gasteiger partial charge in [0.15, 0.2) is 11.5 Å². The monoisotopic (exact) mass is 477 g/mol. The molecule has 0 aliphatic carbocycles. The lowest BCUT2D eigenvalue weighted by atomic mass is 10.1. The summed E-state index contributed by atoms with van der Waals surface area (Å²) >= 11 is 3.37. The number of benzene rings is 3. The van der Waals surface area contributed by atoms with Crippen LogP contribution in [0.2, 0.25) is 0 Å². The molecule has 3 rings (SSSR count). The van der Waals surface area contributed by atoms with Crippen molar-refractivity contribution in [2.75, 3.05) is 7.11 Å². The molecule has 7 heteroatoms. The average Bonchev–Trinajstić information content (AvgIpc) is 2.79. The first-order chi connectivity index (χ1) is 15.1. The third-order valence-corrected chi connectivity index (χ3v) is 4.85. The van der Waals surface area contributed by atoms with E-state index in [-0.39, 0.29) is 12.3 Å². The van der Waals surface area contributed by atoms with Crippen molar-refractivity contribution < 1.29 is 14.3 Å². The molecule has 0 aromatic heterocycles. The van der Waals surface area contributed by atoms with Crippen molar-refractivity contribution in [3.8, 4) is 17.6 Å². The van der Waals surface area contributed by atoms with Crippen molar-refractivity contribution in [1.82, 2.24) is 5.43 Å². The van der Waals surface area contributed by atoms with E-state index >= 15 is 0 Å². The number of halogens is 1. The minimum atomic E-state index is -0.204. The summed E-state index contributed by atoms with van der Waals surface area (Å²) in [7, 11) is 1.55. The first-order valence-corrected chi connectivity index (χ1v) is 10.2. The lowest BCUT2D eigenvalue weighted by Crippen LogP contribution is -2.19. The molecule has 3 aromatic carbocycles. The van der Waals surface area contributed by atoms with Crippen LogP contribution in [0.3, 0.4) is 0 Å². The summed E-state index contributed by atoms with van der Waals surface area (Å²) in [5, 5.41) is 13.0. The van der Waals surface area contributed by atoms with Gasteiger partial charge in [-0.1, -0.05) is 40.2 Å². The number of hydrogen-bond acceptors (Lipinski definition) is 5. The Balaban J connectivity index is 1.57. The Kier molecular flexibility index (Phi) is 7.79. The Morgan fingerprint density at radius 3 is 2.65 bits per heavy atom. The zero-order chi connectivity index (χ0) is 22.1. The fourth-order valence-electron chi connectivity index (χ4n) is 2.78. The Hall–Kier alpha value is -3.63. The molecule has 0 bridgehead atoms. The summed E-state index contributed by atoms with van der Waals surface area (Å²) < 4.78 is 12.2. The van der Waals surface area contributed by atoms with Gasteiger partial charge in [0.25, 0.3) is 0 Å². The number of hydrogen-bond donors (Lipinski definition) is 1. The maximum absolute atomic E-state index is 12.0. The maximum atomic E-state index is 12.0. The second kappa shape index (κ2) is 11.0. The molecule has 1 N–H and O–H groups in total. The molecule has 6 nitrogen and oxygen atoms in total. The van der Waals surface area contributed by atoms with E-state index in [0.717, 1.165) is 21.2 Å². The fourth-order valence-corrected chi connectivity index (χ4v) is 3.05. The van der Waals surface area contributed by atoms with Crippen LogP contribution in [0, 0.1) is 11.3 Å². The molecular weight excluding hydrogens is 458 g/mol. The van der Waals surface area contributed by atoms with Crippen LogP contribution in [0.5, 0.6) is 11.5 Å². The Labute approximate surface area is 189 Å². The van der Waals surface area contributed by atoms with E-state index in [9.17, 15) is 4.79 Å². The number of nitrogens with zero attached hydrogens (tertiary/aromatic N) is 2. The van der Waals surface area contributed by atoms with Gasteiger partial charge in [-0.3, -0.25) is 4.79 Å². The minimum absolute atomic E-state index is 0.204. The van der Waals surface area contributed by atoms with Crippen LogP contribution in [0.4, 0.5) is 0 Å². The highest BCUT2D eigenvalue weighted by Gasteiger charge is 2.07. The molecule has 0 radical (unpaired) electrons. The lowest BCUT2D eigenvalue weighted by Gasteiger charge is -2.11. The van der Waals surface area contributed by atoms with Gasteiger partial charge in [-0.25, -0.2) is 5.43 Å². The molecule has 0 aliphatic heterocycles. The van der Waals surface area contributed by atoms with Gasteiger partial charge in [0, 0.05) is 4.47 Å². The number of hydrazone groups is 1. The van der Waals surface area contributed by atoms with Crippen LogP contribution in [0.1, 0.15) is 22.3 Å². The van der Waals surface area contributed by atoms with Gasteiger partial charge in [-0.2, -0.15) is 10.4 Å². The fraction of sp³-hybridized carbons (Fsp3) is 0.125. The largest absolute Gasteiger partial charge is 0.493 e. The van der Waals surface area contributed by atoms with E-state index in [2.05, 4.69) is 32.5 Å². The van der Waals surface area contributed by atoms with E-state index < -0.39 is 0 Å². The van der Waals surface area contributed by atoms with Gasteiger partial charge in [-0.15, -0.1) is 0 Å². The lowest BCUT2D eigenvalue weighted by molar-refractivity contribution is -0.120.